The molecule has 1 aromatic heterocycles. The van der Waals surface area contributed by atoms with Crippen LogP contribution in [0.2, 0.25) is 0 Å². The van der Waals surface area contributed by atoms with E-state index in [-0.39, 0.29) is 0 Å². The van der Waals surface area contributed by atoms with Gasteiger partial charge in [-0.3, -0.25) is 0 Å². The second-order valence-corrected chi connectivity index (χ2v) is 5.98. The third kappa shape index (κ3) is 2.82. The minimum Gasteiger partial charge on any atom is -0.314 e. The monoisotopic (exact) mass is 223 g/mol. The van der Waals surface area contributed by atoms with E-state index in [0.717, 1.165) is 0 Å². The number of rotatable bonds is 5. The molecule has 1 saturated carbocycles. The van der Waals surface area contributed by atoms with Gasteiger partial charge in [-0.15, -0.1) is 0 Å². The zero-order valence-electron chi connectivity index (χ0n) is 9.75. The van der Waals surface area contributed by atoms with Crippen molar-refractivity contribution in [3.8, 4) is 0 Å². The van der Waals surface area contributed by atoms with Gasteiger partial charge in [-0.1, -0.05) is 20.3 Å². The molecule has 1 nitrogen and oxygen atoms in total. The summed E-state index contributed by atoms with van der Waals surface area (Å²) < 4.78 is 0. The fourth-order valence-electron chi connectivity index (χ4n) is 2.34. The molecule has 1 heterocycles. The smallest absolute Gasteiger partial charge is 0.00134 e. The molecule has 0 spiro atoms. The number of nitrogens with one attached hydrogen (secondary N) is 1. The van der Waals surface area contributed by atoms with Gasteiger partial charge in [-0.25, -0.2) is 0 Å². The van der Waals surface area contributed by atoms with E-state index >= 15 is 0 Å². The van der Waals surface area contributed by atoms with Gasteiger partial charge in [0.25, 0.3) is 0 Å². The first-order chi connectivity index (χ1) is 7.20. The van der Waals surface area contributed by atoms with Crippen molar-refractivity contribution < 1.29 is 0 Å². The highest BCUT2D eigenvalue weighted by Gasteiger charge is 2.36. The van der Waals surface area contributed by atoms with Crippen LogP contribution in [0.1, 0.15) is 38.7 Å². The normalized spacial score (nSPS) is 19.1. The molecular formula is C13H21NS. The van der Waals surface area contributed by atoms with Crippen molar-refractivity contribution >= 4 is 11.3 Å². The van der Waals surface area contributed by atoms with Crippen LogP contribution in [0.15, 0.2) is 16.8 Å². The molecule has 0 bridgehead atoms. The van der Waals surface area contributed by atoms with E-state index in [9.17, 15) is 0 Å². The average molecular weight is 223 g/mol. The zero-order chi connectivity index (χ0) is 10.7. The largest absolute Gasteiger partial charge is 0.314 e. The van der Waals surface area contributed by atoms with Gasteiger partial charge < -0.3 is 5.32 Å². The maximum Gasteiger partial charge on any atom is 0.00134 e. The Hall–Kier alpha value is -0.340. The summed E-state index contributed by atoms with van der Waals surface area (Å²) in [7, 11) is 0. The van der Waals surface area contributed by atoms with Crippen molar-refractivity contribution in [3.63, 3.8) is 0 Å². The molecule has 2 heteroatoms. The van der Waals surface area contributed by atoms with E-state index in [1.54, 1.807) is 0 Å². The van der Waals surface area contributed by atoms with Crippen LogP contribution < -0.4 is 5.32 Å². The Morgan fingerprint density at radius 3 is 2.73 bits per heavy atom. The van der Waals surface area contributed by atoms with Gasteiger partial charge in [0, 0.05) is 12.6 Å². The molecule has 0 atom stereocenters. The van der Waals surface area contributed by atoms with Crippen LogP contribution in [0.5, 0.6) is 0 Å². The summed E-state index contributed by atoms with van der Waals surface area (Å²) in [6.45, 7) is 5.66. The first-order valence-electron chi connectivity index (χ1n) is 5.95. The molecular weight excluding hydrogens is 202 g/mol. The fraction of sp³-hybridized carbons (Fsp3) is 0.692. The van der Waals surface area contributed by atoms with Crippen LogP contribution in [0.3, 0.4) is 0 Å². The molecule has 1 aliphatic rings. The minimum atomic E-state index is 0.575. The summed E-state index contributed by atoms with van der Waals surface area (Å²) in [4.78, 5) is 0. The highest BCUT2D eigenvalue weighted by molar-refractivity contribution is 7.07. The number of thiophene rings is 1. The summed E-state index contributed by atoms with van der Waals surface area (Å²) in [5, 5.41) is 8.10. The van der Waals surface area contributed by atoms with E-state index in [4.69, 9.17) is 0 Å². The Morgan fingerprint density at radius 1 is 1.47 bits per heavy atom. The first-order valence-corrected chi connectivity index (χ1v) is 6.89. The third-order valence-electron chi connectivity index (χ3n) is 3.46. The van der Waals surface area contributed by atoms with Gasteiger partial charge in [0.05, 0.1) is 0 Å². The Balaban J connectivity index is 1.90. The van der Waals surface area contributed by atoms with E-state index in [1.165, 1.54) is 37.8 Å². The van der Waals surface area contributed by atoms with Gasteiger partial charge in [0.1, 0.15) is 0 Å². The first kappa shape index (κ1) is 11.2. The Bertz CT molecular complexity index is 285. The van der Waals surface area contributed by atoms with Crippen molar-refractivity contribution in [1.29, 1.82) is 0 Å². The lowest BCUT2D eigenvalue weighted by atomic mass is 9.65. The third-order valence-corrected chi connectivity index (χ3v) is 4.19. The van der Waals surface area contributed by atoms with Crippen LogP contribution in [-0.2, 0) is 6.42 Å². The molecule has 0 aromatic carbocycles. The summed E-state index contributed by atoms with van der Waals surface area (Å²) in [5.74, 6) is 0. The molecule has 2 rings (SSSR count). The molecule has 1 aromatic rings. The predicted molar refractivity (Wildman–Crippen MR) is 67.4 cm³/mol. The predicted octanol–water partition coefficient (Wildman–Crippen LogP) is 3.46. The molecule has 0 saturated heterocycles. The van der Waals surface area contributed by atoms with E-state index in [0.29, 0.717) is 11.5 Å². The van der Waals surface area contributed by atoms with Crippen LogP contribution in [0, 0.1) is 5.41 Å². The molecule has 1 N–H and O–H groups in total. The molecule has 1 aliphatic carbocycles. The van der Waals surface area contributed by atoms with Crippen molar-refractivity contribution in [2.75, 3.05) is 6.54 Å². The Labute approximate surface area is 96.9 Å². The standard InChI is InChI=1S/C13H21NS/c1-11(2)14-10-13(5-3-6-13)8-12-4-7-15-9-12/h4,7,9,11,14H,3,5-6,8,10H2,1-2H3. The molecule has 84 valence electrons. The van der Waals surface area contributed by atoms with Gasteiger partial charge in [0.2, 0.25) is 0 Å². The van der Waals surface area contributed by atoms with Crippen molar-refractivity contribution in [3.05, 3.63) is 22.4 Å². The van der Waals surface area contributed by atoms with E-state index in [1.807, 2.05) is 11.3 Å². The van der Waals surface area contributed by atoms with Gasteiger partial charge >= 0.3 is 0 Å². The molecule has 0 amide bonds. The van der Waals surface area contributed by atoms with Crippen LogP contribution in [-0.4, -0.2) is 12.6 Å². The maximum absolute atomic E-state index is 3.60. The lowest BCUT2D eigenvalue weighted by Gasteiger charge is -2.42. The quantitative estimate of drug-likeness (QED) is 0.806. The second-order valence-electron chi connectivity index (χ2n) is 5.20. The zero-order valence-corrected chi connectivity index (χ0v) is 10.6. The number of hydrogen-bond acceptors (Lipinski definition) is 2. The van der Waals surface area contributed by atoms with Gasteiger partial charge in [-0.05, 0) is 47.1 Å². The topological polar surface area (TPSA) is 12.0 Å². The average Bonchev–Trinajstić information content (AvgIpc) is 2.61. The molecule has 0 radical (unpaired) electrons. The van der Waals surface area contributed by atoms with Crippen LogP contribution in [0.4, 0.5) is 0 Å². The van der Waals surface area contributed by atoms with Crippen molar-refractivity contribution in [2.45, 2.75) is 45.6 Å². The highest BCUT2D eigenvalue weighted by Crippen LogP contribution is 2.43. The summed E-state index contributed by atoms with van der Waals surface area (Å²) in [5.41, 5.74) is 2.11. The van der Waals surface area contributed by atoms with Gasteiger partial charge in [0.15, 0.2) is 0 Å². The fourth-order valence-corrected chi connectivity index (χ4v) is 3.01. The van der Waals surface area contributed by atoms with Crippen molar-refractivity contribution in [2.24, 2.45) is 5.41 Å². The molecule has 15 heavy (non-hydrogen) atoms. The van der Waals surface area contributed by atoms with E-state index < -0.39 is 0 Å². The number of hydrogen-bond donors (Lipinski definition) is 1. The second kappa shape index (κ2) is 4.67. The Kier molecular flexibility index (Phi) is 3.47. The van der Waals surface area contributed by atoms with Crippen LogP contribution in [0.25, 0.3) is 0 Å². The lowest BCUT2D eigenvalue weighted by molar-refractivity contribution is 0.127. The highest BCUT2D eigenvalue weighted by atomic mass is 32.1. The SMILES string of the molecule is CC(C)NCC1(Cc2ccsc2)CCC1. The minimum absolute atomic E-state index is 0.575. The molecule has 1 fully saturated rings. The Morgan fingerprint density at radius 2 is 2.27 bits per heavy atom. The summed E-state index contributed by atoms with van der Waals surface area (Å²) in [6, 6.07) is 2.89. The van der Waals surface area contributed by atoms with Gasteiger partial charge in [-0.2, -0.15) is 11.3 Å². The molecule has 0 unspecified atom stereocenters. The summed E-state index contributed by atoms with van der Waals surface area (Å²) >= 11 is 1.82. The maximum atomic E-state index is 3.60. The summed E-state index contributed by atoms with van der Waals surface area (Å²) in [6.07, 6.45) is 5.51. The van der Waals surface area contributed by atoms with Crippen LogP contribution >= 0.6 is 11.3 Å². The van der Waals surface area contributed by atoms with Crippen molar-refractivity contribution in [1.82, 2.24) is 5.32 Å². The molecule has 0 aliphatic heterocycles. The lowest BCUT2D eigenvalue weighted by Crippen LogP contribution is -2.43. The van der Waals surface area contributed by atoms with E-state index in [2.05, 4.69) is 36.0 Å².